The molecule has 0 unspecified atom stereocenters. The molecule has 0 aliphatic rings. The number of Topliss-reactive ketones (excluding diaryl/α,β-unsaturated/α-hetero) is 1. The lowest BCUT2D eigenvalue weighted by Crippen LogP contribution is -2.29. The van der Waals surface area contributed by atoms with E-state index in [0.717, 1.165) is 11.1 Å². The molecular weight excluding hydrogens is 182 g/mol. The van der Waals surface area contributed by atoms with E-state index in [0.29, 0.717) is 0 Å². The number of amides is 1. The van der Waals surface area contributed by atoms with Crippen LogP contribution in [0.15, 0.2) is 24.3 Å². The summed E-state index contributed by atoms with van der Waals surface area (Å²) in [4.78, 5) is 21.8. The number of hydroxylamine groups is 1. The van der Waals surface area contributed by atoms with E-state index in [1.165, 1.54) is 5.48 Å². The summed E-state index contributed by atoms with van der Waals surface area (Å²) in [5.74, 6) is -1.63. The van der Waals surface area contributed by atoms with Crippen LogP contribution in [0.5, 0.6) is 0 Å². The fourth-order valence-electron chi connectivity index (χ4n) is 1.15. The van der Waals surface area contributed by atoms with E-state index in [9.17, 15) is 9.59 Å². The van der Waals surface area contributed by atoms with E-state index in [4.69, 9.17) is 5.21 Å². The highest BCUT2D eigenvalue weighted by atomic mass is 16.5. The number of hydrogen-bond donors (Lipinski definition) is 2. The zero-order valence-corrected chi connectivity index (χ0v) is 7.78. The molecule has 0 aliphatic heterocycles. The molecule has 0 spiro atoms. The Balaban J connectivity index is 2.70. The van der Waals surface area contributed by atoms with Crippen LogP contribution < -0.4 is 5.48 Å². The number of benzene rings is 1. The molecule has 4 nitrogen and oxygen atoms in total. The Hall–Kier alpha value is -1.68. The highest BCUT2D eigenvalue weighted by molar-refractivity contribution is 6.36. The number of carbonyl (C=O) groups is 2. The molecular formula is C10H11NO3. The number of rotatable bonds is 3. The van der Waals surface area contributed by atoms with Gasteiger partial charge in [0, 0.05) is 6.42 Å². The maximum absolute atomic E-state index is 11.1. The van der Waals surface area contributed by atoms with E-state index >= 15 is 0 Å². The Morgan fingerprint density at radius 1 is 1.43 bits per heavy atom. The SMILES string of the molecule is Cc1cccc(CC(=O)C(=O)NO)c1. The van der Waals surface area contributed by atoms with Gasteiger partial charge in [-0.1, -0.05) is 29.8 Å². The van der Waals surface area contributed by atoms with Gasteiger partial charge in [-0.25, -0.2) is 5.48 Å². The average molecular weight is 193 g/mol. The Morgan fingerprint density at radius 2 is 2.14 bits per heavy atom. The number of aryl methyl sites for hydroxylation is 1. The first-order valence-electron chi connectivity index (χ1n) is 4.16. The molecule has 0 bridgehead atoms. The topological polar surface area (TPSA) is 66.4 Å². The molecule has 0 saturated carbocycles. The van der Waals surface area contributed by atoms with Crippen molar-refractivity contribution in [3.63, 3.8) is 0 Å². The van der Waals surface area contributed by atoms with Gasteiger partial charge in [0.1, 0.15) is 0 Å². The van der Waals surface area contributed by atoms with Crippen LogP contribution in [0.1, 0.15) is 11.1 Å². The van der Waals surface area contributed by atoms with Crippen LogP contribution in [0.25, 0.3) is 0 Å². The van der Waals surface area contributed by atoms with Gasteiger partial charge in [-0.2, -0.15) is 0 Å². The van der Waals surface area contributed by atoms with Gasteiger partial charge >= 0.3 is 5.91 Å². The Kier molecular flexibility index (Phi) is 3.36. The maximum Gasteiger partial charge on any atom is 0.311 e. The Labute approximate surface area is 81.5 Å². The molecule has 0 saturated heterocycles. The lowest BCUT2D eigenvalue weighted by molar-refractivity contribution is -0.142. The second kappa shape index (κ2) is 4.53. The lowest BCUT2D eigenvalue weighted by atomic mass is 10.1. The minimum atomic E-state index is -0.980. The van der Waals surface area contributed by atoms with Crippen LogP contribution in [0.2, 0.25) is 0 Å². The minimum Gasteiger partial charge on any atom is -0.288 e. The summed E-state index contributed by atoms with van der Waals surface area (Å²) in [6.07, 6.45) is 0.00801. The molecule has 1 aromatic rings. The smallest absolute Gasteiger partial charge is 0.288 e. The van der Waals surface area contributed by atoms with Crippen LogP contribution in [-0.4, -0.2) is 16.9 Å². The predicted octanol–water partition coefficient (Wildman–Crippen LogP) is 0.612. The highest BCUT2D eigenvalue weighted by Crippen LogP contribution is 2.04. The Morgan fingerprint density at radius 3 is 2.71 bits per heavy atom. The molecule has 0 heterocycles. The molecule has 14 heavy (non-hydrogen) atoms. The quantitative estimate of drug-likeness (QED) is 0.420. The number of nitrogens with one attached hydrogen (secondary N) is 1. The van der Waals surface area contributed by atoms with E-state index in [1.54, 1.807) is 6.07 Å². The third-order valence-corrected chi connectivity index (χ3v) is 1.80. The number of carbonyl (C=O) groups excluding carboxylic acids is 2. The van der Waals surface area contributed by atoms with Crippen LogP contribution in [0.3, 0.4) is 0 Å². The predicted molar refractivity (Wildman–Crippen MR) is 49.8 cm³/mol. The van der Waals surface area contributed by atoms with Crippen molar-refractivity contribution in [2.45, 2.75) is 13.3 Å². The van der Waals surface area contributed by atoms with Gasteiger partial charge in [-0.3, -0.25) is 14.8 Å². The lowest BCUT2D eigenvalue weighted by Gasteiger charge is -2.00. The summed E-state index contributed by atoms with van der Waals surface area (Å²) >= 11 is 0. The van der Waals surface area contributed by atoms with Crippen molar-refractivity contribution < 1.29 is 14.8 Å². The highest BCUT2D eigenvalue weighted by Gasteiger charge is 2.12. The van der Waals surface area contributed by atoms with E-state index in [-0.39, 0.29) is 6.42 Å². The van der Waals surface area contributed by atoms with E-state index in [1.807, 2.05) is 25.1 Å². The van der Waals surface area contributed by atoms with Crippen molar-refractivity contribution in [3.05, 3.63) is 35.4 Å². The van der Waals surface area contributed by atoms with Gasteiger partial charge in [-0.15, -0.1) is 0 Å². The molecule has 1 rings (SSSR count). The van der Waals surface area contributed by atoms with Crippen LogP contribution >= 0.6 is 0 Å². The minimum absolute atomic E-state index is 0.00801. The fraction of sp³-hybridized carbons (Fsp3) is 0.200. The van der Waals surface area contributed by atoms with Crippen LogP contribution in [-0.2, 0) is 16.0 Å². The summed E-state index contributed by atoms with van der Waals surface area (Å²) in [7, 11) is 0. The number of hydrogen-bond acceptors (Lipinski definition) is 3. The summed E-state index contributed by atoms with van der Waals surface area (Å²) in [6.45, 7) is 1.90. The second-order valence-corrected chi connectivity index (χ2v) is 3.03. The van der Waals surface area contributed by atoms with Crippen molar-refractivity contribution in [3.8, 4) is 0 Å². The van der Waals surface area contributed by atoms with Crippen molar-refractivity contribution in [2.24, 2.45) is 0 Å². The third-order valence-electron chi connectivity index (χ3n) is 1.80. The van der Waals surface area contributed by atoms with Gasteiger partial charge in [0.15, 0.2) is 0 Å². The summed E-state index contributed by atoms with van der Waals surface area (Å²) in [5, 5.41) is 8.22. The summed E-state index contributed by atoms with van der Waals surface area (Å²) in [5.41, 5.74) is 3.10. The summed E-state index contributed by atoms with van der Waals surface area (Å²) < 4.78 is 0. The van der Waals surface area contributed by atoms with Crippen molar-refractivity contribution in [1.29, 1.82) is 0 Å². The number of ketones is 1. The van der Waals surface area contributed by atoms with Gasteiger partial charge < -0.3 is 0 Å². The molecule has 1 aromatic carbocycles. The van der Waals surface area contributed by atoms with Gasteiger partial charge in [0.05, 0.1) is 0 Å². The first-order chi connectivity index (χ1) is 6.63. The molecule has 74 valence electrons. The van der Waals surface area contributed by atoms with Gasteiger partial charge in [0.2, 0.25) is 5.78 Å². The van der Waals surface area contributed by atoms with Crippen molar-refractivity contribution in [2.75, 3.05) is 0 Å². The standard InChI is InChI=1S/C10H11NO3/c1-7-3-2-4-8(5-7)6-9(12)10(13)11-14/h2-5,14H,6H2,1H3,(H,11,13). The van der Waals surface area contributed by atoms with Crippen molar-refractivity contribution in [1.82, 2.24) is 5.48 Å². The largest absolute Gasteiger partial charge is 0.311 e. The van der Waals surface area contributed by atoms with E-state index < -0.39 is 11.7 Å². The molecule has 0 aromatic heterocycles. The normalized spacial score (nSPS) is 9.57. The zero-order valence-electron chi connectivity index (χ0n) is 7.78. The molecule has 0 fully saturated rings. The molecule has 0 atom stereocenters. The summed E-state index contributed by atoms with van der Waals surface area (Å²) in [6, 6.07) is 7.30. The fourth-order valence-corrected chi connectivity index (χ4v) is 1.15. The van der Waals surface area contributed by atoms with Gasteiger partial charge in [0.25, 0.3) is 0 Å². The third kappa shape index (κ3) is 2.67. The molecule has 1 amide bonds. The van der Waals surface area contributed by atoms with E-state index in [2.05, 4.69) is 0 Å². The molecule has 2 N–H and O–H groups in total. The average Bonchev–Trinajstić information content (AvgIpc) is 2.16. The maximum atomic E-state index is 11.1. The van der Waals surface area contributed by atoms with Gasteiger partial charge in [-0.05, 0) is 12.5 Å². The Bertz CT molecular complexity index is 360. The second-order valence-electron chi connectivity index (χ2n) is 3.03. The monoisotopic (exact) mass is 193 g/mol. The van der Waals surface area contributed by atoms with Crippen molar-refractivity contribution >= 4 is 11.7 Å². The van der Waals surface area contributed by atoms with Crippen LogP contribution in [0, 0.1) is 6.92 Å². The first-order valence-corrected chi connectivity index (χ1v) is 4.16. The first kappa shape index (κ1) is 10.4. The molecule has 4 heteroatoms. The van der Waals surface area contributed by atoms with Crippen LogP contribution in [0.4, 0.5) is 0 Å². The zero-order chi connectivity index (χ0) is 10.6. The molecule has 0 radical (unpaired) electrons. The molecule has 0 aliphatic carbocycles.